The zero-order chi connectivity index (χ0) is 29.8. The summed E-state index contributed by atoms with van der Waals surface area (Å²) >= 11 is 0. The molecule has 2 aromatic carbocycles. The number of carbonyl (C=O) groups excluding carboxylic acids is 3. The Morgan fingerprint density at radius 2 is 1.91 bits per heavy atom. The monoisotopic (exact) mass is 576 g/mol. The fraction of sp³-hybridized carbons (Fsp3) is 0.200. The lowest BCUT2D eigenvalue weighted by atomic mass is 10.1. The minimum atomic E-state index is -0.530. The summed E-state index contributed by atoms with van der Waals surface area (Å²) in [6.45, 7) is 4.87. The van der Waals surface area contributed by atoms with Gasteiger partial charge in [0.2, 0.25) is 5.95 Å². The fourth-order valence-corrected chi connectivity index (χ4v) is 5.56. The molecule has 2 aliphatic rings. The minimum absolute atomic E-state index is 0.177. The van der Waals surface area contributed by atoms with Gasteiger partial charge in [0, 0.05) is 72.1 Å². The Balaban J connectivity index is 1.20. The van der Waals surface area contributed by atoms with Crippen LogP contribution in [0.3, 0.4) is 0 Å². The summed E-state index contributed by atoms with van der Waals surface area (Å²) in [6, 6.07) is 12.0. The summed E-state index contributed by atoms with van der Waals surface area (Å²) in [5.74, 6) is 0.904. The molecule has 216 valence electrons. The van der Waals surface area contributed by atoms with Crippen molar-refractivity contribution in [3.8, 4) is 11.3 Å². The maximum Gasteiger partial charge on any atom is 0.330 e. The summed E-state index contributed by atoms with van der Waals surface area (Å²) in [7, 11) is 1.88. The molecular formula is C30H28N10O3. The van der Waals surface area contributed by atoms with Crippen molar-refractivity contribution in [2.45, 2.75) is 20.4 Å². The largest absolute Gasteiger partial charge is 0.359 e. The average Bonchev–Trinajstić information content (AvgIpc) is 3.76. The number of aromatic nitrogens is 5. The summed E-state index contributed by atoms with van der Waals surface area (Å²) in [5.41, 5.74) is 6.70. The van der Waals surface area contributed by atoms with Gasteiger partial charge in [-0.1, -0.05) is 18.2 Å². The van der Waals surface area contributed by atoms with E-state index in [1.54, 1.807) is 34.0 Å². The molecular weight excluding hydrogens is 548 g/mol. The first-order valence-corrected chi connectivity index (χ1v) is 13.8. The maximum atomic E-state index is 13.7. The van der Waals surface area contributed by atoms with E-state index in [4.69, 9.17) is 4.98 Å². The lowest BCUT2D eigenvalue weighted by molar-refractivity contribution is 0.0996. The lowest BCUT2D eigenvalue weighted by Gasteiger charge is -2.18. The molecule has 43 heavy (non-hydrogen) atoms. The molecule has 0 bridgehead atoms. The number of aryl methyl sites for hydroxylation is 3. The molecule has 1 saturated heterocycles. The number of imide groups is 1. The minimum Gasteiger partial charge on any atom is -0.359 e. The number of hydrogen-bond donors (Lipinski definition) is 4. The standard InChI is InChI=1S/C30H28N10O3/c1-16-13-33-28(35-24-12-17(2)38(3)37-24)36-25(16)20-14-32-26-18(20)6-5-9-23(26)40-15-21-19(27(40)41)7-4-8-22(21)34-30(43)39-11-10-31-29(39)42/h4-9,12-14,32H,10-11,15H2,1-3H3,(H,31,42)(H,34,43)(H,33,35,36,37). The molecule has 5 amide bonds. The molecule has 0 atom stereocenters. The Bertz CT molecular complexity index is 1940. The van der Waals surface area contributed by atoms with Gasteiger partial charge in [0.1, 0.15) is 0 Å². The quantitative estimate of drug-likeness (QED) is 0.241. The number of rotatable bonds is 5. The highest BCUT2D eigenvalue weighted by atomic mass is 16.2. The Hall–Kier alpha value is -5.72. The number of hydrogen-bond acceptors (Lipinski definition) is 7. The van der Waals surface area contributed by atoms with E-state index in [1.807, 2.05) is 51.4 Å². The van der Waals surface area contributed by atoms with E-state index in [2.05, 4.69) is 31.0 Å². The molecule has 7 rings (SSSR count). The number of nitrogens with one attached hydrogen (secondary N) is 4. The van der Waals surface area contributed by atoms with Crippen molar-refractivity contribution in [2.75, 3.05) is 28.6 Å². The molecule has 5 aromatic rings. The van der Waals surface area contributed by atoms with Gasteiger partial charge in [-0.15, -0.1) is 0 Å². The van der Waals surface area contributed by atoms with Gasteiger partial charge in [-0.3, -0.25) is 9.48 Å². The van der Waals surface area contributed by atoms with Crippen molar-refractivity contribution < 1.29 is 14.4 Å². The Morgan fingerprint density at radius 1 is 1.07 bits per heavy atom. The van der Waals surface area contributed by atoms with Crippen LogP contribution in [0.1, 0.15) is 27.2 Å². The first-order chi connectivity index (χ1) is 20.8. The highest BCUT2D eigenvalue weighted by Gasteiger charge is 2.33. The highest BCUT2D eigenvalue weighted by Crippen LogP contribution is 2.39. The van der Waals surface area contributed by atoms with Gasteiger partial charge >= 0.3 is 12.1 Å². The predicted octanol–water partition coefficient (Wildman–Crippen LogP) is 4.44. The van der Waals surface area contributed by atoms with Crippen LogP contribution in [0.25, 0.3) is 22.2 Å². The Kier molecular flexibility index (Phi) is 6.08. The first-order valence-electron chi connectivity index (χ1n) is 13.8. The third-order valence-electron chi connectivity index (χ3n) is 7.88. The van der Waals surface area contributed by atoms with Gasteiger partial charge in [-0.05, 0) is 37.6 Å². The molecule has 3 aromatic heterocycles. The maximum absolute atomic E-state index is 13.7. The van der Waals surface area contributed by atoms with E-state index < -0.39 is 12.1 Å². The van der Waals surface area contributed by atoms with Gasteiger partial charge in [-0.2, -0.15) is 5.10 Å². The zero-order valence-electron chi connectivity index (χ0n) is 23.7. The Morgan fingerprint density at radius 3 is 2.67 bits per heavy atom. The lowest BCUT2D eigenvalue weighted by Crippen LogP contribution is -2.37. The van der Waals surface area contributed by atoms with Gasteiger partial charge < -0.3 is 25.8 Å². The summed E-state index contributed by atoms with van der Waals surface area (Å²) in [5, 5.41) is 14.0. The van der Waals surface area contributed by atoms with Crippen LogP contribution in [-0.4, -0.2) is 60.7 Å². The summed E-state index contributed by atoms with van der Waals surface area (Å²) in [4.78, 5) is 53.8. The van der Waals surface area contributed by atoms with Crippen LogP contribution in [0.4, 0.5) is 32.7 Å². The number of aromatic amines is 1. The topological polar surface area (TPSA) is 153 Å². The molecule has 0 aliphatic carbocycles. The zero-order valence-corrected chi connectivity index (χ0v) is 23.7. The molecule has 0 unspecified atom stereocenters. The van der Waals surface area contributed by atoms with Crippen molar-refractivity contribution in [1.29, 1.82) is 0 Å². The molecule has 0 saturated carbocycles. The normalized spacial score (nSPS) is 14.4. The van der Waals surface area contributed by atoms with Gasteiger partial charge in [-0.25, -0.2) is 24.5 Å². The third kappa shape index (κ3) is 4.41. The molecule has 5 heterocycles. The van der Waals surface area contributed by atoms with Crippen molar-refractivity contribution >= 4 is 52.0 Å². The molecule has 2 aliphatic heterocycles. The number of anilines is 4. The van der Waals surface area contributed by atoms with Gasteiger partial charge in [0.05, 0.1) is 23.4 Å². The van der Waals surface area contributed by atoms with Crippen molar-refractivity contribution in [1.82, 2.24) is 34.9 Å². The van der Waals surface area contributed by atoms with Crippen LogP contribution in [0.2, 0.25) is 0 Å². The van der Waals surface area contributed by atoms with E-state index in [0.717, 1.165) is 38.3 Å². The number of amides is 5. The van der Waals surface area contributed by atoms with Crippen LogP contribution >= 0.6 is 0 Å². The van der Waals surface area contributed by atoms with E-state index >= 15 is 0 Å². The van der Waals surface area contributed by atoms with Gasteiger partial charge in [0.25, 0.3) is 5.91 Å². The molecule has 0 spiro atoms. The SMILES string of the molecule is Cc1cnc(Nc2cc(C)n(C)n2)nc1-c1c[nH]c2c(N3Cc4c(NC(=O)N5CCNC5=O)cccc4C3=O)cccc12. The summed E-state index contributed by atoms with van der Waals surface area (Å²) < 4.78 is 1.78. The summed E-state index contributed by atoms with van der Waals surface area (Å²) in [6.07, 6.45) is 3.66. The third-order valence-corrected chi connectivity index (χ3v) is 7.88. The van der Waals surface area contributed by atoms with E-state index in [1.165, 1.54) is 0 Å². The fourth-order valence-electron chi connectivity index (χ4n) is 5.56. The molecule has 1 fully saturated rings. The van der Waals surface area contributed by atoms with Crippen LogP contribution in [0, 0.1) is 13.8 Å². The highest BCUT2D eigenvalue weighted by molar-refractivity contribution is 6.16. The van der Waals surface area contributed by atoms with Gasteiger partial charge in [0.15, 0.2) is 5.82 Å². The second-order valence-electron chi connectivity index (χ2n) is 10.6. The molecule has 0 radical (unpaired) electrons. The number of H-pyrrole nitrogens is 1. The van der Waals surface area contributed by atoms with Crippen molar-refractivity contribution in [3.05, 3.63) is 77.2 Å². The molecule has 13 nitrogen and oxygen atoms in total. The van der Waals surface area contributed by atoms with Crippen LogP contribution in [0.15, 0.2) is 54.9 Å². The molecule has 13 heteroatoms. The van der Waals surface area contributed by atoms with E-state index in [9.17, 15) is 14.4 Å². The molecule has 4 N–H and O–H groups in total. The number of benzene rings is 2. The van der Waals surface area contributed by atoms with Crippen molar-refractivity contribution in [2.24, 2.45) is 7.05 Å². The Labute approximate surface area is 245 Å². The smallest absolute Gasteiger partial charge is 0.330 e. The van der Waals surface area contributed by atoms with E-state index in [0.29, 0.717) is 40.8 Å². The second kappa shape index (κ2) is 9.98. The number of para-hydroxylation sites is 1. The first kappa shape index (κ1) is 26.2. The van der Waals surface area contributed by atoms with E-state index in [-0.39, 0.29) is 19.0 Å². The van der Waals surface area contributed by atoms with Crippen LogP contribution < -0.4 is 20.9 Å². The van der Waals surface area contributed by atoms with Crippen LogP contribution in [-0.2, 0) is 13.6 Å². The number of urea groups is 2. The number of carbonyl (C=O) groups is 3. The van der Waals surface area contributed by atoms with Crippen LogP contribution in [0.5, 0.6) is 0 Å². The average molecular weight is 577 g/mol. The number of fused-ring (bicyclic) bond motifs is 2. The predicted molar refractivity (Wildman–Crippen MR) is 161 cm³/mol. The number of nitrogens with zero attached hydrogens (tertiary/aromatic N) is 6. The second-order valence-corrected chi connectivity index (χ2v) is 10.6. The van der Waals surface area contributed by atoms with Crippen molar-refractivity contribution in [3.63, 3.8) is 0 Å².